The van der Waals surface area contributed by atoms with Crippen molar-refractivity contribution in [1.82, 2.24) is 0 Å². The zero-order valence-electron chi connectivity index (χ0n) is 14.0. The smallest absolute Gasteiger partial charge is 0.264 e. The minimum Gasteiger partial charge on any atom is -0.469 e. The molecular formula is C19H18BrNO4. The van der Waals surface area contributed by atoms with Crippen molar-refractivity contribution in [2.24, 2.45) is 0 Å². The summed E-state index contributed by atoms with van der Waals surface area (Å²) in [7, 11) is 0. The second-order valence-corrected chi connectivity index (χ2v) is 7.09. The topological polar surface area (TPSA) is 70.8 Å². The van der Waals surface area contributed by atoms with Crippen LogP contribution in [-0.2, 0) is 10.4 Å². The third-order valence-electron chi connectivity index (χ3n) is 4.46. The molecule has 1 unspecified atom stereocenters. The average molecular weight is 404 g/mol. The van der Waals surface area contributed by atoms with Gasteiger partial charge in [0.05, 0.1) is 23.9 Å². The van der Waals surface area contributed by atoms with Crippen LogP contribution in [0.25, 0.3) is 0 Å². The van der Waals surface area contributed by atoms with Crippen LogP contribution in [0.2, 0.25) is 0 Å². The predicted molar refractivity (Wildman–Crippen MR) is 97.7 cm³/mol. The summed E-state index contributed by atoms with van der Waals surface area (Å²) in [4.78, 5) is 27.1. The third kappa shape index (κ3) is 2.75. The van der Waals surface area contributed by atoms with Gasteiger partial charge in [-0.25, -0.2) is 0 Å². The Balaban J connectivity index is 2.05. The van der Waals surface area contributed by atoms with E-state index < -0.39 is 11.5 Å². The number of Topliss-reactive ketones (excluding diaryl/α,β-unsaturated/α-hetero) is 1. The number of amides is 1. The molecule has 1 aliphatic heterocycles. The van der Waals surface area contributed by atoms with Gasteiger partial charge in [-0.05, 0) is 37.6 Å². The number of anilines is 1. The van der Waals surface area contributed by atoms with Gasteiger partial charge >= 0.3 is 0 Å². The number of rotatable bonds is 5. The first-order chi connectivity index (χ1) is 11.8. The molecule has 2 heterocycles. The fourth-order valence-corrected chi connectivity index (χ4v) is 3.67. The minimum atomic E-state index is -1.91. The summed E-state index contributed by atoms with van der Waals surface area (Å²) in [5.41, 5.74) is 0.203. The van der Waals surface area contributed by atoms with Crippen LogP contribution in [0.3, 0.4) is 0 Å². The van der Waals surface area contributed by atoms with Gasteiger partial charge in [-0.2, -0.15) is 0 Å². The summed E-state index contributed by atoms with van der Waals surface area (Å²) >= 11 is 3.36. The highest BCUT2D eigenvalue weighted by Gasteiger charge is 2.51. The molecule has 0 spiro atoms. The van der Waals surface area contributed by atoms with Crippen LogP contribution in [0.5, 0.6) is 0 Å². The van der Waals surface area contributed by atoms with Crippen molar-refractivity contribution in [2.75, 3.05) is 11.4 Å². The summed E-state index contributed by atoms with van der Waals surface area (Å²) in [6, 6.07) is 5.22. The van der Waals surface area contributed by atoms with Crippen LogP contribution in [0.15, 0.2) is 46.0 Å². The lowest BCUT2D eigenvalue weighted by Crippen LogP contribution is -2.42. The molecule has 1 amide bonds. The SMILES string of the molecule is C=CCN1C(=O)C(O)(CC(=O)c2c(C)coc2C)c2cc(Br)ccc21. The fourth-order valence-electron chi connectivity index (χ4n) is 3.31. The highest BCUT2D eigenvalue weighted by molar-refractivity contribution is 9.10. The summed E-state index contributed by atoms with van der Waals surface area (Å²) in [5.74, 6) is -0.368. The number of aryl methyl sites for hydroxylation is 2. The van der Waals surface area contributed by atoms with E-state index in [1.54, 1.807) is 38.1 Å². The van der Waals surface area contributed by atoms with Gasteiger partial charge in [0.1, 0.15) is 5.76 Å². The first kappa shape index (κ1) is 17.6. The zero-order valence-corrected chi connectivity index (χ0v) is 15.6. The first-order valence-electron chi connectivity index (χ1n) is 7.82. The van der Waals surface area contributed by atoms with E-state index in [-0.39, 0.29) is 18.7 Å². The number of aliphatic hydroxyl groups is 1. The summed E-state index contributed by atoms with van der Waals surface area (Å²) in [6.07, 6.45) is 2.74. The molecule has 1 aromatic carbocycles. The fraction of sp³-hybridized carbons (Fsp3) is 0.263. The van der Waals surface area contributed by atoms with Gasteiger partial charge in [0.25, 0.3) is 5.91 Å². The van der Waals surface area contributed by atoms with Crippen LogP contribution < -0.4 is 4.90 Å². The maximum Gasteiger partial charge on any atom is 0.264 e. The van der Waals surface area contributed by atoms with Crippen LogP contribution in [-0.4, -0.2) is 23.3 Å². The number of ketones is 1. The zero-order chi connectivity index (χ0) is 18.4. The van der Waals surface area contributed by atoms with E-state index in [1.807, 2.05) is 0 Å². The Morgan fingerprint density at radius 2 is 2.16 bits per heavy atom. The van der Waals surface area contributed by atoms with Gasteiger partial charge in [0, 0.05) is 16.6 Å². The summed E-state index contributed by atoms with van der Waals surface area (Å²) in [6.45, 7) is 7.37. The summed E-state index contributed by atoms with van der Waals surface area (Å²) in [5, 5.41) is 11.2. The molecule has 1 aromatic heterocycles. The van der Waals surface area contributed by atoms with E-state index in [0.717, 1.165) is 4.47 Å². The number of nitrogens with zero attached hydrogens (tertiary/aromatic N) is 1. The van der Waals surface area contributed by atoms with E-state index in [9.17, 15) is 14.7 Å². The number of carbonyl (C=O) groups excluding carboxylic acids is 2. The molecule has 0 fully saturated rings. The quantitative estimate of drug-likeness (QED) is 0.610. The molecule has 0 bridgehead atoms. The van der Waals surface area contributed by atoms with E-state index in [1.165, 1.54) is 11.2 Å². The van der Waals surface area contributed by atoms with Gasteiger partial charge in [-0.1, -0.05) is 22.0 Å². The molecule has 0 radical (unpaired) electrons. The van der Waals surface area contributed by atoms with Gasteiger partial charge in [0.2, 0.25) is 0 Å². The van der Waals surface area contributed by atoms with Crippen LogP contribution in [0, 0.1) is 13.8 Å². The Morgan fingerprint density at radius 3 is 2.76 bits per heavy atom. The Kier molecular flexibility index (Phi) is 4.43. The molecule has 130 valence electrons. The maximum atomic E-state index is 12.9. The van der Waals surface area contributed by atoms with Gasteiger partial charge < -0.3 is 14.4 Å². The lowest BCUT2D eigenvalue weighted by atomic mass is 9.87. The second kappa shape index (κ2) is 6.28. The van der Waals surface area contributed by atoms with Crippen LogP contribution in [0.1, 0.15) is 33.7 Å². The van der Waals surface area contributed by atoms with Crippen LogP contribution in [0.4, 0.5) is 5.69 Å². The first-order valence-corrected chi connectivity index (χ1v) is 8.62. The van der Waals surface area contributed by atoms with Crippen LogP contribution >= 0.6 is 15.9 Å². The molecule has 3 rings (SSSR count). The maximum absolute atomic E-state index is 12.9. The normalized spacial score (nSPS) is 19.2. The van der Waals surface area contributed by atoms with E-state index >= 15 is 0 Å². The molecule has 2 aromatic rings. The average Bonchev–Trinajstić information content (AvgIpc) is 2.99. The Hall–Kier alpha value is -2.18. The third-order valence-corrected chi connectivity index (χ3v) is 4.95. The minimum absolute atomic E-state index is 0.258. The number of hydrogen-bond donors (Lipinski definition) is 1. The lowest BCUT2D eigenvalue weighted by Gasteiger charge is -2.22. The monoisotopic (exact) mass is 403 g/mol. The number of carbonyl (C=O) groups is 2. The standard InChI is InChI=1S/C19H18BrNO4/c1-4-7-21-15-6-5-13(20)8-14(15)19(24,18(21)23)9-16(22)17-11(2)10-25-12(17)3/h4-6,8,10,24H,1,7,9H2,2-3H3. The molecular weight excluding hydrogens is 386 g/mol. The Bertz CT molecular complexity index is 866. The highest BCUT2D eigenvalue weighted by atomic mass is 79.9. The van der Waals surface area contributed by atoms with E-state index in [4.69, 9.17) is 4.42 Å². The molecule has 1 N–H and O–H groups in total. The molecule has 0 saturated carbocycles. The Morgan fingerprint density at radius 1 is 1.44 bits per heavy atom. The van der Waals surface area contributed by atoms with Crippen molar-refractivity contribution in [2.45, 2.75) is 25.9 Å². The van der Waals surface area contributed by atoms with Gasteiger partial charge in [-0.3, -0.25) is 9.59 Å². The van der Waals surface area contributed by atoms with Crippen molar-refractivity contribution in [3.8, 4) is 0 Å². The predicted octanol–water partition coefficient (Wildman–Crippen LogP) is 3.65. The number of benzene rings is 1. The number of furan rings is 1. The van der Waals surface area contributed by atoms with Gasteiger partial charge in [-0.15, -0.1) is 6.58 Å². The lowest BCUT2D eigenvalue weighted by molar-refractivity contribution is -0.135. The van der Waals surface area contributed by atoms with E-state index in [0.29, 0.717) is 28.1 Å². The molecule has 1 atom stereocenters. The largest absolute Gasteiger partial charge is 0.469 e. The number of fused-ring (bicyclic) bond motifs is 1. The number of halogens is 1. The molecule has 5 nitrogen and oxygen atoms in total. The number of hydrogen-bond acceptors (Lipinski definition) is 4. The molecule has 25 heavy (non-hydrogen) atoms. The van der Waals surface area contributed by atoms with Crippen molar-refractivity contribution in [1.29, 1.82) is 0 Å². The summed E-state index contributed by atoms with van der Waals surface area (Å²) < 4.78 is 5.99. The van der Waals surface area contributed by atoms with E-state index in [2.05, 4.69) is 22.5 Å². The van der Waals surface area contributed by atoms with Crippen molar-refractivity contribution >= 4 is 33.3 Å². The molecule has 0 aliphatic carbocycles. The van der Waals surface area contributed by atoms with Gasteiger partial charge in [0.15, 0.2) is 11.4 Å². The van der Waals surface area contributed by atoms with Crippen molar-refractivity contribution in [3.05, 3.63) is 64.0 Å². The molecule has 1 aliphatic rings. The highest BCUT2D eigenvalue weighted by Crippen LogP contribution is 2.44. The Labute approximate surface area is 154 Å². The molecule has 6 heteroatoms. The second-order valence-electron chi connectivity index (χ2n) is 6.18. The molecule has 0 saturated heterocycles. The van der Waals surface area contributed by atoms with Crippen molar-refractivity contribution < 1.29 is 19.1 Å². The van der Waals surface area contributed by atoms with Crippen molar-refractivity contribution in [3.63, 3.8) is 0 Å².